The third-order valence-electron chi connectivity index (χ3n) is 4.54. The monoisotopic (exact) mass is 452 g/mol. The molecule has 2 aromatic carbocycles. The van der Waals surface area contributed by atoms with Crippen molar-refractivity contribution in [3.05, 3.63) is 89.9 Å². The van der Waals surface area contributed by atoms with E-state index in [2.05, 4.69) is 15.5 Å². The molecule has 9 heteroatoms. The number of hydrogen-bond donors (Lipinski definition) is 1. The number of thioether (sulfide) groups is 1. The summed E-state index contributed by atoms with van der Waals surface area (Å²) in [6.45, 7) is 2.65. The Morgan fingerprint density at radius 2 is 1.91 bits per heavy atom. The van der Waals surface area contributed by atoms with Crippen LogP contribution in [0.3, 0.4) is 0 Å². The Labute approximate surface area is 188 Å². The number of furan rings is 1. The zero-order valence-electron chi connectivity index (χ0n) is 17.3. The van der Waals surface area contributed by atoms with Crippen molar-refractivity contribution in [3.63, 3.8) is 0 Å². The van der Waals surface area contributed by atoms with E-state index in [4.69, 9.17) is 9.15 Å². The Kier molecular flexibility index (Phi) is 6.86. The fourth-order valence-corrected chi connectivity index (χ4v) is 3.65. The van der Waals surface area contributed by atoms with Crippen molar-refractivity contribution in [3.8, 4) is 5.75 Å². The van der Waals surface area contributed by atoms with Crippen molar-refractivity contribution >= 4 is 23.4 Å². The van der Waals surface area contributed by atoms with E-state index < -0.39 is 0 Å². The summed E-state index contributed by atoms with van der Waals surface area (Å²) in [5.41, 5.74) is 1.68. The van der Waals surface area contributed by atoms with Crippen LogP contribution in [0.15, 0.2) is 76.5 Å². The van der Waals surface area contributed by atoms with Crippen molar-refractivity contribution in [2.24, 2.45) is 0 Å². The molecular weight excluding hydrogens is 431 g/mol. The summed E-state index contributed by atoms with van der Waals surface area (Å²) in [6.07, 6.45) is 1.60. The molecule has 1 amide bonds. The predicted molar refractivity (Wildman–Crippen MR) is 119 cm³/mol. The highest BCUT2D eigenvalue weighted by Crippen LogP contribution is 2.21. The van der Waals surface area contributed by atoms with Gasteiger partial charge in [-0.1, -0.05) is 29.5 Å². The van der Waals surface area contributed by atoms with E-state index in [0.29, 0.717) is 23.2 Å². The smallest absolute Gasteiger partial charge is 0.234 e. The fourth-order valence-electron chi connectivity index (χ4n) is 2.89. The first-order valence-electron chi connectivity index (χ1n) is 9.89. The Hall–Kier alpha value is -3.59. The Morgan fingerprint density at radius 1 is 1.12 bits per heavy atom. The molecule has 0 fully saturated rings. The van der Waals surface area contributed by atoms with Gasteiger partial charge in [0.25, 0.3) is 0 Å². The zero-order chi connectivity index (χ0) is 22.3. The first-order valence-corrected chi connectivity index (χ1v) is 10.9. The molecule has 0 unspecified atom stereocenters. The molecule has 4 rings (SSSR count). The lowest BCUT2D eigenvalue weighted by Gasteiger charge is -2.10. The molecule has 0 spiro atoms. The van der Waals surface area contributed by atoms with E-state index in [0.717, 1.165) is 17.1 Å². The number of ether oxygens (including phenoxy) is 1. The lowest BCUT2D eigenvalue weighted by Crippen LogP contribution is -2.15. The normalized spacial score (nSPS) is 10.8. The van der Waals surface area contributed by atoms with Gasteiger partial charge in [0.1, 0.15) is 23.9 Å². The van der Waals surface area contributed by atoms with Crippen LogP contribution in [0.25, 0.3) is 0 Å². The Balaban J connectivity index is 1.43. The minimum Gasteiger partial charge on any atom is -0.486 e. The number of rotatable bonds is 9. The van der Waals surface area contributed by atoms with Crippen molar-refractivity contribution < 1.29 is 18.3 Å². The molecule has 1 N–H and O–H groups in total. The molecule has 4 aromatic rings. The van der Waals surface area contributed by atoms with E-state index in [-0.39, 0.29) is 24.1 Å². The van der Waals surface area contributed by atoms with Gasteiger partial charge in [-0.15, -0.1) is 10.2 Å². The second kappa shape index (κ2) is 10.1. The molecule has 0 saturated carbocycles. The number of aromatic nitrogens is 3. The minimum absolute atomic E-state index is 0.118. The molecule has 0 bridgehead atoms. The molecule has 32 heavy (non-hydrogen) atoms. The fraction of sp³-hybridized carbons (Fsp3) is 0.174. The van der Waals surface area contributed by atoms with E-state index in [1.807, 2.05) is 47.9 Å². The number of nitrogens with zero attached hydrogens (tertiary/aromatic N) is 3. The number of benzene rings is 2. The van der Waals surface area contributed by atoms with E-state index in [9.17, 15) is 9.18 Å². The Bertz CT molecular complexity index is 1160. The third kappa shape index (κ3) is 5.76. The van der Waals surface area contributed by atoms with Crippen molar-refractivity contribution in [2.75, 3.05) is 11.1 Å². The van der Waals surface area contributed by atoms with Crippen molar-refractivity contribution in [2.45, 2.75) is 25.2 Å². The maximum Gasteiger partial charge on any atom is 0.234 e. The summed E-state index contributed by atoms with van der Waals surface area (Å²) in [6, 6.07) is 17.0. The number of amides is 1. The molecule has 2 aromatic heterocycles. The van der Waals surface area contributed by atoms with Gasteiger partial charge in [0, 0.05) is 5.69 Å². The second-order valence-corrected chi connectivity index (χ2v) is 7.95. The first kappa shape index (κ1) is 21.6. The average Bonchev–Trinajstić information content (AvgIpc) is 3.44. The number of carbonyl (C=O) groups is 1. The van der Waals surface area contributed by atoms with Crippen LogP contribution in [-0.4, -0.2) is 26.4 Å². The van der Waals surface area contributed by atoms with E-state index in [1.165, 1.54) is 36.0 Å². The minimum atomic E-state index is -0.358. The summed E-state index contributed by atoms with van der Waals surface area (Å²) >= 11 is 1.25. The summed E-state index contributed by atoms with van der Waals surface area (Å²) in [5, 5.41) is 11.8. The van der Waals surface area contributed by atoms with Gasteiger partial charge in [0.05, 0.1) is 18.6 Å². The molecule has 0 atom stereocenters. The maximum atomic E-state index is 13.0. The van der Waals surface area contributed by atoms with Gasteiger partial charge in [0.2, 0.25) is 5.91 Å². The largest absolute Gasteiger partial charge is 0.486 e. The summed E-state index contributed by atoms with van der Waals surface area (Å²) in [5.74, 6) is 1.61. The number of carbonyl (C=O) groups excluding carboxylic acids is 1. The molecule has 0 saturated heterocycles. The molecule has 7 nitrogen and oxygen atoms in total. The van der Waals surface area contributed by atoms with Crippen LogP contribution >= 0.6 is 11.8 Å². The van der Waals surface area contributed by atoms with Crippen molar-refractivity contribution in [1.82, 2.24) is 14.8 Å². The highest BCUT2D eigenvalue weighted by molar-refractivity contribution is 7.99. The molecular formula is C23H21FN4O3S. The predicted octanol–water partition coefficient (Wildman–Crippen LogP) is 4.68. The highest BCUT2D eigenvalue weighted by Gasteiger charge is 2.16. The van der Waals surface area contributed by atoms with Crippen molar-refractivity contribution in [1.29, 1.82) is 0 Å². The van der Waals surface area contributed by atoms with Crippen LogP contribution in [0.4, 0.5) is 10.1 Å². The number of anilines is 1. The average molecular weight is 453 g/mol. The van der Waals surface area contributed by atoms with Gasteiger partial charge >= 0.3 is 0 Å². The molecule has 0 aliphatic rings. The SMILES string of the molecule is Cc1ccc(OCc2nnc(SCC(=O)Nc3ccc(F)cc3)n2Cc2ccco2)cc1. The molecule has 2 heterocycles. The molecule has 0 aliphatic heterocycles. The van der Waals surface area contributed by atoms with Crippen LogP contribution in [0.1, 0.15) is 17.1 Å². The number of nitrogens with one attached hydrogen (secondary N) is 1. The zero-order valence-corrected chi connectivity index (χ0v) is 18.1. The van der Waals surface area contributed by atoms with Gasteiger partial charge in [0.15, 0.2) is 11.0 Å². The Morgan fingerprint density at radius 3 is 2.62 bits per heavy atom. The van der Waals surface area contributed by atoms with Gasteiger partial charge in [-0.05, 0) is 55.5 Å². The first-order chi connectivity index (χ1) is 15.6. The van der Waals surface area contributed by atoms with Gasteiger partial charge in [-0.2, -0.15) is 0 Å². The number of aryl methyl sites for hydroxylation is 1. The second-order valence-electron chi connectivity index (χ2n) is 7.01. The van der Waals surface area contributed by atoms with Crippen LogP contribution in [-0.2, 0) is 17.9 Å². The third-order valence-corrected chi connectivity index (χ3v) is 5.50. The molecule has 0 aliphatic carbocycles. The van der Waals surface area contributed by atoms with Crippen LogP contribution in [0.2, 0.25) is 0 Å². The number of halogens is 1. The standard InChI is InChI=1S/C23H21FN4O3S/c1-16-4-10-19(11-5-16)31-14-21-26-27-23(28(21)13-20-3-2-12-30-20)32-15-22(29)25-18-8-6-17(24)7-9-18/h2-12H,13-15H2,1H3,(H,25,29). The van der Waals surface area contributed by atoms with Gasteiger partial charge in [-0.3, -0.25) is 9.36 Å². The quantitative estimate of drug-likeness (QED) is 0.372. The van der Waals surface area contributed by atoms with Crippen LogP contribution in [0, 0.1) is 12.7 Å². The summed E-state index contributed by atoms with van der Waals surface area (Å²) < 4.78 is 26.2. The molecule has 164 valence electrons. The lowest BCUT2D eigenvalue weighted by atomic mass is 10.2. The van der Waals surface area contributed by atoms with Gasteiger partial charge < -0.3 is 14.5 Å². The summed E-state index contributed by atoms with van der Waals surface area (Å²) in [4.78, 5) is 12.3. The maximum absolute atomic E-state index is 13.0. The van der Waals surface area contributed by atoms with E-state index >= 15 is 0 Å². The van der Waals surface area contributed by atoms with Crippen LogP contribution in [0.5, 0.6) is 5.75 Å². The van der Waals surface area contributed by atoms with Gasteiger partial charge in [-0.25, -0.2) is 4.39 Å². The topological polar surface area (TPSA) is 82.2 Å². The summed E-state index contributed by atoms with van der Waals surface area (Å²) in [7, 11) is 0. The van der Waals surface area contributed by atoms with Crippen LogP contribution < -0.4 is 10.1 Å². The lowest BCUT2D eigenvalue weighted by molar-refractivity contribution is -0.113. The molecule has 0 radical (unpaired) electrons. The highest BCUT2D eigenvalue weighted by atomic mass is 32.2. The number of hydrogen-bond acceptors (Lipinski definition) is 6. The van der Waals surface area contributed by atoms with E-state index in [1.54, 1.807) is 6.26 Å².